The molecule has 1 heterocycles. The van der Waals surface area contributed by atoms with E-state index in [0.717, 1.165) is 0 Å². The maximum absolute atomic E-state index is 10.9. The topological polar surface area (TPSA) is 116 Å². The Morgan fingerprint density at radius 2 is 1.81 bits per heavy atom. The molecular weight excluding hydrogens is 332 g/mol. The minimum absolute atomic E-state index is 0.0231. The van der Waals surface area contributed by atoms with Gasteiger partial charge in [0.1, 0.15) is 0 Å². The summed E-state index contributed by atoms with van der Waals surface area (Å²) in [5.74, 6) is -2.21. The number of aryl methyl sites for hydroxylation is 1. The van der Waals surface area contributed by atoms with Crippen LogP contribution in [0, 0.1) is 12.3 Å². The molecule has 0 spiro atoms. The van der Waals surface area contributed by atoms with Crippen molar-refractivity contribution in [1.82, 2.24) is 4.98 Å². The third-order valence-corrected chi connectivity index (χ3v) is 4.11. The Morgan fingerprint density at radius 3 is 2.31 bits per heavy atom. The van der Waals surface area contributed by atoms with Crippen LogP contribution < -0.4 is 5.73 Å². The van der Waals surface area contributed by atoms with Crippen LogP contribution in [0.3, 0.4) is 0 Å². The van der Waals surface area contributed by atoms with Crippen molar-refractivity contribution in [1.29, 1.82) is 0 Å². The maximum atomic E-state index is 10.9. The van der Waals surface area contributed by atoms with Crippen molar-refractivity contribution in [2.75, 3.05) is 0 Å². The van der Waals surface area contributed by atoms with Crippen molar-refractivity contribution in [3.63, 3.8) is 0 Å². The number of allylic oxidation sites excluding steroid dienone is 1. The van der Waals surface area contributed by atoms with Gasteiger partial charge in [0, 0.05) is 23.2 Å². The van der Waals surface area contributed by atoms with Gasteiger partial charge in [-0.25, -0.2) is 4.79 Å². The molecule has 3 rings (SSSR count). The molecule has 0 bridgehead atoms. The Labute approximate surface area is 151 Å². The molecule has 1 aliphatic rings. The van der Waals surface area contributed by atoms with Gasteiger partial charge in [-0.05, 0) is 50.1 Å². The maximum Gasteiger partial charge on any atom is 0.331 e. The zero-order chi connectivity index (χ0) is 19.3. The fraction of sp³-hybridized carbons (Fsp3) is 0.200. The number of aromatic amines is 1. The van der Waals surface area contributed by atoms with Gasteiger partial charge in [0.05, 0.1) is 5.41 Å². The molecule has 136 valence electrons. The first-order valence-corrected chi connectivity index (χ1v) is 8.07. The van der Waals surface area contributed by atoms with Gasteiger partial charge in [-0.3, -0.25) is 4.79 Å². The summed E-state index contributed by atoms with van der Waals surface area (Å²) >= 11 is 0. The number of nitrogens with two attached hydrogens (primary N) is 1. The number of hydrogen-bond acceptors (Lipinski definition) is 3. The quantitative estimate of drug-likeness (QED) is 0.674. The Hall–Kier alpha value is -3.28. The Kier molecular flexibility index (Phi) is 5.67. The van der Waals surface area contributed by atoms with Gasteiger partial charge in [0.15, 0.2) is 0 Å². The molecule has 5 N–H and O–H groups in total. The van der Waals surface area contributed by atoms with Crippen LogP contribution in [0.4, 0.5) is 0 Å². The number of benzene rings is 1. The summed E-state index contributed by atoms with van der Waals surface area (Å²) < 4.78 is 0. The van der Waals surface area contributed by atoms with E-state index in [-0.39, 0.29) is 17.7 Å². The minimum Gasteiger partial charge on any atom is -0.481 e. The highest BCUT2D eigenvalue weighted by molar-refractivity contribution is 5.90. The van der Waals surface area contributed by atoms with E-state index >= 15 is 0 Å². The van der Waals surface area contributed by atoms with Crippen LogP contribution in [-0.2, 0) is 9.59 Å². The Balaban J connectivity index is 0.000000189. The average Bonchev–Trinajstić information content (AvgIpc) is 3.09. The summed E-state index contributed by atoms with van der Waals surface area (Å²) in [5, 5.41) is 17.6. The number of hydrogen-bond donors (Lipinski definition) is 4. The molecule has 6 nitrogen and oxygen atoms in total. The zero-order valence-electron chi connectivity index (χ0n) is 14.7. The van der Waals surface area contributed by atoms with Crippen molar-refractivity contribution < 1.29 is 19.8 Å². The number of rotatable bonds is 3. The number of H-pyrrole nitrogens is 1. The second kappa shape index (κ2) is 7.74. The molecule has 2 aromatic rings. The highest BCUT2D eigenvalue weighted by Gasteiger charge is 2.36. The molecule has 1 aliphatic carbocycles. The summed E-state index contributed by atoms with van der Waals surface area (Å²) in [6, 6.07) is 12.6. The highest BCUT2D eigenvalue weighted by Crippen LogP contribution is 2.32. The van der Waals surface area contributed by atoms with Crippen molar-refractivity contribution >= 4 is 11.9 Å². The lowest BCUT2D eigenvalue weighted by Gasteiger charge is -2.24. The van der Waals surface area contributed by atoms with Gasteiger partial charge in [-0.2, -0.15) is 0 Å². The van der Waals surface area contributed by atoms with E-state index in [1.165, 1.54) is 35.9 Å². The molecule has 0 fully saturated rings. The molecule has 26 heavy (non-hydrogen) atoms. The highest BCUT2D eigenvalue weighted by atomic mass is 16.4. The van der Waals surface area contributed by atoms with Crippen LogP contribution in [0.5, 0.6) is 0 Å². The van der Waals surface area contributed by atoms with Crippen molar-refractivity contribution in [2.24, 2.45) is 11.1 Å². The molecule has 1 aromatic heterocycles. The molecule has 0 saturated carbocycles. The van der Waals surface area contributed by atoms with Gasteiger partial charge in [0.2, 0.25) is 0 Å². The van der Waals surface area contributed by atoms with E-state index in [4.69, 9.17) is 15.9 Å². The first kappa shape index (κ1) is 19.1. The van der Waals surface area contributed by atoms with Crippen molar-refractivity contribution in [3.8, 4) is 11.3 Å². The first-order chi connectivity index (χ1) is 12.2. The predicted octanol–water partition coefficient (Wildman–Crippen LogP) is 3.32. The monoisotopic (exact) mass is 354 g/mol. The lowest BCUT2D eigenvalue weighted by Crippen LogP contribution is -2.30. The average molecular weight is 354 g/mol. The molecule has 6 heteroatoms. The number of carboxylic acids is 2. The lowest BCUT2D eigenvalue weighted by atomic mass is 9.79. The second-order valence-corrected chi connectivity index (χ2v) is 6.47. The van der Waals surface area contributed by atoms with Crippen LogP contribution in [0.2, 0.25) is 0 Å². The van der Waals surface area contributed by atoms with Gasteiger partial charge in [-0.15, -0.1) is 0 Å². The van der Waals surface area contributed by atoms with Gasteiger partial charge >= 0.3 is 11.9 Å². The number of aliphatic carboxylic acids is 2. The SMILES string of the molecule is CC1(C(=O)O)C=C(N)C=C(C(=O)O)C1.Cc1ccc(-c2ccc[nH]2)cc1. The molecule has 0 amide bonds. The van der Waals surface area contributed by atoms with Crippen molar-refractivity contribution in [3.05, 3.63) is 71.6 Å². The van der Waals surface area contributed by atoms with E-state index < -0.39 is 17.4 Å². The molecule has 0 aliphatic heterocycles. The predicted molar refractivity (Wildman–Crippen MR) is 99.3 cm³/mol. The number of aromatic nitrogens is 1. The molecule has 0 radical (unpaired) electrons. The Bertz CT molecular complexity index is 848. The molecule has 1 unspecified atom stereocenters. The van der Waals surface area contributed by atoms with Gasteiger partial charge in [0.25, 0.3) is 0 Å². The zero-order valence-corrected chi connectivity index (χ0v) is 14.7. The summed E-state index contributed by atoms with van der Waals surface area (Å²) in [7, 11) is 0. The third kappa shape index (κ3) is 4.63. The minimum atomic E-state index is -1.22. The van der Waals surface area contributed by atoms with E-state index in [0.29, 0.717) is 0 Å². The van der Waals surface area contributed by atoms with Crippen LogP contribution in [0.25, 0.3) is 11.3 Å². The number of carboxylic acid groups (broad SMARTS) is 2. The van der Waals surface area contributed by atoms with Crippen LogP contribution in [0.1, 0.15) is 18.9 Å². The number of nitrogens with one attached hydrogen (secondary N) is 1. The fourth-order valence-electron chi connectivity index (χ4n) is 2.63. The van der Waals surface area contributed by atoms with Gasteiger partial charge in [-0.1, -0.05) is 29.8 Å². The van der Waals surface area contributed by atoms with E-state index in [9.17, 15) is 9.59 Å². The molecular formula is C20H22N2O4. The smallest absolute Gasteiger partial charge is 0.331 e. The lowest BCUT2D eigenvalue weighted by molar-refractivity contribution is -0.145. The van der Waals surface area contributed by atoms with Crippen LogP contribution in [0.15, 0.2) is 66.0 Å². The molecule has 1 atom stereocenters. The third-order valence-electron chi connectivity index (χ3n) is 4.11. The van der Waals surface area contributed by atoms with E-state index in [2.05, 4.69) is 42.2 Å². The normalized spacial score (nSPS) is 18.8. The van der Waals surface area contributed by atoms with Crippen LogP contribution in [-0.4, -0.2) is 27.1 Å². The summed E-state index contributed by atoms with van der Waals surface area (Å²) in [6.07, 6.45) is 4.54. The van der Waals surface area contributed by atoms with E-state index in [1.54, 1.807) is 0 Å². The number of carbonyl (C=O) groups is 2. The first-order valence-electron chi connectivity index (χ1n) is 8.07. The molecule has 0 saturated heterocycles. The largest absolute Gasteiger partial charge is 0.481 e. The van der Waals surface area contributed by atoms with Gasteiger partial charge < -0.3 is 20.9 Å². The summed E-state index contributed by atoms with van der Waals surface area (Å²) in [4.78, 5) is 24.7. The molecule has 1 aromatic carbocycles. The van der Waals surface area contributed by atoms with Crippen LogP contribution >= 0.6 is 0 Å². The second-order valence-electron chi connectivity index (χ2n) is 6.47. The summed E-state index contributed by atoms with van der Waals surface area (Å²) in [6.45, 7) is 3.54. The van der Waals surface area contributed by atoms with Crippen molar-refractivity contribution in [2.45, 2.75) is 20.3 Å². The Morgan fingerprint density at radius 1 is 1.15 bits per heavy atom. The van der Waals surface area contributed by atoms with E-state index in [1.807, 2.05) is 12.3 Å². The fourth-order valence-corrected chi connectivity index (χ4v) is 2.63. The standard InChI is InChI=1S/C11H11N.C9H11NO4/c1-9-4-6-10(7-5-9)11-3-2-8-12-11;1-9(8(13)14)3-5(7(11)12)2-6(10)4-9/h2-8,12H,1H3;2,4H,3,10H2,1H3,(H,11,12)(H,13,14). The summed E-state index contributed by atoms with van der Waals surface area (Å²) in [5.41, 5.74) is 8.13.